The average Bonchev–Trinajstić information content (AvgIpc) is 3.18. The number of allylic oxidation sites excluding steroid dienone is 1. The number of hydrogen-bond donors (Lipinski definition) is 1. The van der Waals surface area contributed by atoms with Gasteiger partial charge in [-0.25, -0.2) is 14.6 Å². The van der Waals surface area contributed by atoms with Gasteiger partial charge in [0.25, 0.3) is 0 Å². The number of carbonyl (C=O) groups excluding carboxylic acids is 1. The second-order valence-corrected chi connectivity index (χ2v) is 7.77. The first-order valence-corrected chi connectivity index (χ1v) is 10.6. The van der Waals surface area contributed by atoms with Crippen LogP contribution in [0.3, 0.4) is 0 Å². The van der Waals surface area contributed by atoms with Crippen LogP contribution in [0.15, 0.2) is 59.5 Å². The summed E-state index contributed by atoms with van der Waals surface area (Å²) in [5, 5.41) is 9.10. The van der Waals surface area contributed by atoms with Crippen LogP contribution in [0.1, 0.15) is 32.1 Å². The van der Waals surface area contributed by atoms with Crippen LogP contribution in [-0.2, 0) is 4.79 Å². The Morgan fingerprint density at radius 2 is 2.07 bits per heavy atom. The van der Waals surface area contributed by atoms with Crippen molar-refractivity contribution in [3.05, 3.63) is 54.5 Å². The number of amides is 1. The summed E-state index contributed by atoms with van der Waals surface area (Å²) in [7, 11) is 0. The summed E-state index contributed by atoms with van der Waals surface area (Å²) in [5.41, 5.74) is 3.17. The minimum atomic E-state index is 0.0311. The Hall–Kier alpha value is -2.67. The van der Waals surface area contributed by atoms with Crippen LogP contribution in [-0.4, -0.2) is 38.0 Å². The van der Waals surface area contributed by atoms with Crippen molar-refractivity contribution in [1.29, 1.82) is 0 Å². The van der Waals surface area contributed by atoms with E-state index in [1.165, 1.54) is 49.3 Å². The Labute approximate surface area is 168 Å². The molecule has 0 unspecified atom stereocenters. The van der Waals surface area contributed by atoms with E-state index in [1.54, 1.807) is 10.9 Å². The second kappa shape index (κ2) is 9.01. The molecule has 3 aromatic rings. The predicted molar refractivity (Wildman–Crippen MR) is 112 cm³/mol. The van der Waals surface area contributed by atoms with Gasteiger partial charge in [-0.1, -0.05) is 41.6 Å². The van der Waals surface area contributed by atoms with Crippen LogP contribution in [0.25, 0.3) is 16.7 Å². The zero-order valence-corrected chi connectivity index (χ0v) is 16.5. The van der Waals surface area contributed by atoms with E-state index in [0.29, 0.717) is 12.3 Å². The minimum absolute atomic E-state index is 0.0311. The molecule has 0 fully saturated rings. The van der Waals surface area contributed by atoms with Crippen LogP contribution in [0, 0.1) is 0 Å². The van der Waals surface area contributed by atoms with Gasteiger partial charge in [0.15, 0.2) is 5.65 Å². The number of para-hydroxylation sites is 1. The molecule has 6 nitrogen and oxygen atoms in total. The molecule has 1 N–H and O–H groups in total. The van der Waals surface area contributed by atoms with Gasteiger partial charge in [-0.3, -0.25) is 4.79 Å². The number of nitrogens with zero attached hydrogens (tertiary/aromatic N) is 4. The highest BCUT2D eigenvalue weighted by molar-refractivity contribution is 8.00. The molecule has 0 aliphatic heterocycles. The Balaban J connectivity index is 1.36. The van der Waals surface area contributed by atoms with Crippen molar-refractivity contribution in [3.63, 3.8) is 0 Å². The van der Waals surface area contributed by atoms with Crippen LogP contribution >= 0.6 is 11.8 Å². The summed E-state index contributed by atoms with van der Waals surface area (Å²) in [4.78, 5) is 20.9. The van der Waals surface area contributed by atoms with Crippen molar-refractivity contribution in [2.75, 3.05) is 12.3 Å². The first kappa shape index (κ1) is 18.7. The van der Waals surface area contributed by atoms with Gasteiger partial charge in [-0.05, 0) is 44.2 Å². The molecule has 2 aromatic heterocycles. The fourth-order valence-corrected chi connectivity index (χ4v) is 4.17. The number of hydrogen-bond acceptors (Lipinski definition) is 5. The zero-order valence-electron chi connectivity index (χ0n) is 15.7. The molecule has 0 atom stereocenters. The van der Waals surface area contributed by atoms with Gasteiger partial charge < -0.3 is 5.32 Å². The summed E-state index contributed by atoms with van der Waals surface area (Å²) in [5.74, 6) is 0.366. The lowest BCUT2D eigenvalue weighted by atomic mass is 9.97. The summed E-state index contributed by atoms with van der Waals surface area (Å²) in [6.07, 6.45) is 11.5. The molecule has 1 aliphatic rings. The van der Waals surface area contributed by atoms with Crippen molar-refractivity contribution in [1.82, 2.24) is 25.1 Å². The molecule has 7 heteroatoms. The number of benzene rings is 1. The molecule has 1 amide bonds. The average molecular weight is 394 g/mol. The SMILES string of the molecule is O=C(CSc1ncnc2c1cnn2-c1ccccc1)NCCC1=CCCCC1. The van der Waals surface area contributed by atoms with E-state index < -0.39 is 0 Å². The third-order valence-corrected chi connectivity index (χ3v) is 5.83. The van der Waals surface area contributed by atoms with E-state index in [9.17, 15) is 4.79 Å². The van der Waals surface area contributed by atoms with Gasteiger partial charge in [0, 0.05) is 6.54 Å². The summed E-state index contributed by atoms with van der Waals surface area (Å²) in [6, 6.07) is 9.86. The molecule has 0 bridgehead atoms. The van der Waals surface area contributed by atoms with E-state index in [2.05, 4.69) is 26.5 Å². The zero-order chi connectivity index (χ0) is 19.2. The maximum atomic E-state index is 12.2. The van der Waals surface area contributed by atoms with Gasteiger partial charge in [0.1, 0.15) is 11.4 Å². The van der Waals surface area contributed by atoms with Crippen molar-refractivity contribution in [2.24, 2.45) is 0 Å². The van der Waals surface area contributed by atoms with Gasteiger partial charge in [0.05, 0.1) is 23.0 Å². The summed E-state index contributed by atoms with van der Waals surface area (Å²) < 4.78 is 1.79. The Morgan fingerprint density at radius 1 is 1.18 bits per heavy atom. The topological polar surface area (TPSA) is 72.7 Å². The number of thioether (sulfide) groups is 1. The molecule has 144 valence electrons. The Bertz CT molecular complexity index is 983. The molecular weight excluding hydrogens is 370 g/mol. The molecule has 0 saturated heterocycles. The third-order valence-electron chi connectivity index (χ3n) is 4.82. The van der Waals surface area contributed by atoms with E-state index in [0.717, 1.165) is 28.2 Å². The van der Waals surface area contributed by atoms with Crippen LogP contribution in [0.2, 0.25) is 0 Å². The number of aromatic nitrogens is 4. The normalized spacial score (nSPS) is 14.1. The molecule has 0 radical (unpaired) electrons. The van der Waals surface area contributed by atoms with Crippen molar-refractivity contribution < 1.29 is 4.79 Å². The van der Waals surface area contributed by atoms with E-state index >= 15 is 0 Å². The standard InChI is InChI=1S/C21H23N5OS/c27-19(22-12-11-16-7-3-1-4-8-16)14-28-21-18-13-25-26(20(18)23-15-24-21)17-9-5-2-6-10-17/h2,5-7,9-10,13,15H,1,3-4,8,11-12,14H2,(H,22,27). The van der Waals surface area contributed by atoms with Crippen molar-refractivity contribution in [3.8, 4) is 5.69 Å². The summed E-state index contributed by atoms with van der Waals surface area (Å²) >= 11 is 1.42. The predicted octanol–water partition coefficient (Wildman–Crippen LogP) is 3.91. The molecule has 28 heavy (non-hydrogen) atoms. The van der Waals surface area contributed by atoms with Gasteiger partial charge in [-0.15, -0.1) is 0 Å². The number of fused-ring (bicyclic) bond motifs is 1. The Kier molecular flexibility index (Phi) is 6.01. The van der Waals surface area contributed by atoms with E-state index in [-0.39, 0.29) is 5.91 Å². The Morgan fingerprint density at radius 3 is 2.89 bits per heavy atom. The second-order valence-electron chi connectivity index (χ2n) is 6.80. The molecule has 1 aromatic carbocycles. The van der Waals surface area contributed by atoms with Gasteiger partial charge in [0.2, 0.25) is 5.91 Å². The molecule has 2 heterocycles. The third kappa shape index (κ3) is 4.42. The first-order valence-electron chi connectivity index (χ1n) is 9.63. The number of carbonyl (C=O) groups is 1. The van der Waals surface area contributed by atoms with E-state index in [4.69, 9.17) is 0 Å². The maximum Gasteiger partial charge on any atom is 0.230 e. The van der Waals surface area contributed by atoms with Gasteiger partial charge in [-0.2, -0.15) is 5.10 Å². The lowest BCUT2D eigenvalue weighted by Crippen LogP contribution is -2.26. The van der Waals surface area contributed by atoms with Crippen molar-refractivity contribution in [2.45, 2.75) is 37.1 Å². The molecule has 0 saturated carbocycles. The molecule has 4 rings (SSSR count). The lowest BCUT2D eigenvalue weighted by molar-refractivity contribution is -0.118. The minimum Gasteiger partial charge on any atom is -0.355 e. The van der Waals surface area contributed by atoms with Crippen LogP contribution < -0.4 is 5.32 Å². The van der Waals surface area contributed by atoms with Crippen LogP contribution in [0.4, 0.5) is 0 Å². The number of rotatable bonds is 7. The molecular formula is C21H23N5OS. The van der Waals surface area contributed by atoms with E-state index in [1.807, 2.05) is 30.3 Å². The van der Waals surface area contributed by atoms with Crippen molar-refractivity contribution >= 4 is 28.7 Å². The quantitative estimate of drug-likeness (QED) is 0.374. The fourth-order valence-electron chi connectivity index (χ4n) is 3.37. The lowest BCUT2D eigenvalue weighted by Gasteiger charge is -2.12. The highest BCUT2D eigenvalue weighted by Gasteiger charge is 2.13. The number of nitrogens with one attached hydrogen (secondary N) is 1. The molecule has 1 aliphatic carbocycles. The monoisotopic (exact) mass is 393 g/mol. The smallest absolute Gasteiger partial charge is 0.230 e. The summed E-state index contributed by atoms with van der Waals surface area (Å²) in [6.45, 7) is 0.705. The highest BCUT2D eigenvalue weighted by atomic mass is 32.2. The first-order chi connectivity index (χ1) is 13.8. The largest absolute Gasteiger partial charge is 0.355 e. The van der Waals surface area contributed by atoms with Gasteiger partial charge >= 0.3 is 0 Å². The fraction of sp³-hybridized carbons (Fsp3) is 0.333. The van der Waals surface area contributed by atoms with Crippen LogP contribution in [0.5, 0.6) is 0 Å². The molecule has 0 spiro atoms. The maximum absolute atomic E-state index is 12.2. The highest BCUT2D eigenvalue weighted by Crippen LogP contribution is 2.25.